The molecule has 0 aliphatic carbocycles. The summed E-state index contributed by atoms with van der Waals surface area (Å²) in [4.78, 5) is 15.3. The van der Waals surface area contributed by atoms with Gasteiger partial charge in [-0.05, 0) is 36.8 Å². The summed E-state index contributed by atoms with van der Waals surface area (Å²) in [6.07, 6.45) is 1.07. The quantitative estimate of drug-likeness (QED) is 0.885. The van der Waals surface area contributed by atoms with Crippen LogP contribution in [0.5, 0.6) is 0 Å². The Morgan fingerprint density at radius 3 is 2.62 bits per heavy atom. The highest BCUT2D eigenvalue weighted by atomic mass is 19.1. The number of hydrogen-bond donors (Lipinski definition) is 2. The molecule has 2 aromatic rings. The summed E-state index contributed by atoms with van der Waals surface area (Å²) >= 11 is 0. The first-order valence-electron chi connectivity index (χ1n) is 6.55. The lowest BCUT2D eigenvalue weighted by Gasteiger charge is -2.08. The minimum atomic E-state index is -0.531. The molecule has 1 amide bonds. The largest absolute Gasteiger partial charge is 0.450 e. The third-order valence-corrected chi connectivity index (χ3v) is 2.68. The number of nitrogens with zero attached hydrogens (tertiary/aromatic N) is 1. The topological polar surface area (TPSA) is 63.2 Å². The molecule has 1 heterocycles. The molecule has 0 saturated heterocycles. The highest BCUT2D eigenvalue weighted by molar-refractivity contribution is 5.83. The van der Waals surface area contributed by atoms with Crippen molar-refractivity contribution in [3.05, 3.63) is 54.0 Å². The van der Waals surface area contributed by atoms with Gasteiger partial charge in [-0.1, -0.05) is 12.1 Å². The maximum Gasteiger partial charge on any atom is 0.412 e. The van der Waals surface area contributed by atoms with Gasteiger partial charge in [-0.15, -0.1) is 0 Å². The van der Waals surface area contributed by atoms with Gasteiger partial charge in [0.05, 0.1) is 18.5 Å². The molecule has 0 atom stereocenters. The van der Waals surface area contributed by atoms with E-state index in [2.05, 4.69) is 15.6 Å². The van der Waals surface area contributed by atoms with Crippen molar-refractivity contribution in [2.45, 2.75) is 13.5 Å². The van der Waals surface area contributed by atoms with Crippen molar-refractivity contribution in [1.82, 2.24) is 4.98 Å². The summed E-state index contributed by atoms with van der Waals surface area (Å²) in [5.41, 5.74) is 1.76. The van der Waals surface area contributed by atoms with E-state index >= 15 is 0 Å². The lowest BCUT2D eigenvalue weighted by atomic mass is 10.2. The SMILES string of the molecule is CCOC(=O)Nc1ccc(NCc2ccc(F)cc2)cn1. The van der Waals surface area contributed by atoms with Gasteiger partial charge in [0, 0.05) is 6.54 Å². The molecule has 0 aliphatic heterocycles. The molecular weight excluding hydrogens is 273 g/mol. The third kappa shape index (κ3) is 4.76. The molecule has 110 valence electrons. The molecule has 6 heteroatoms. The van der Waals surface area contributed by atoms with E-state index in [0.29, 0.717) is 19.0 Å². The zero-order chi connectivity index (χ0) is 15.1. The van der Waals surface area contributed by atoms with E-state index in [0.717, 1.165) is 11.3 Å². The Morgan fingerprint density at radius 1 is 1.24 bits per heavy atom. The number of carbonyl (C=O) groups is 1. The van der Waals surface area contributed by atoms with Crippen LogP contribution in [0.3, 0.4) is 0 Å². The first kappa shape index (κ1) is 14.8. The zero-order valence-electron chi connectivity index (χ0n) is 11.6. The number of halogens is 1. The number of anilines is 2. The first-order chi connectivity index (χ1) is 10.2. The van der Waals surface area contributed by atoms with E-state index in [-0.39, 0.29) is 5.82 Å². The standard InChI is InChI=1S/C15H16FN3O2/c1-2-21-15(20)19-14-8-7-13(10-18-14)17-9-11-3-5-12(16)6-4-11/h3-8,10,17H,2,9H2,1H3,(H,18,19,20). The maximum absolute atomic E-state index is 12.8. The fourth-order valence-corrected chi connectivity index (χ4v) is 1.65. The second-order valence-corrected chi connectivity index (χ2v) is 4.26. The number of carbonyl (C=O) groups excluding carboxylic acids is 1. The van der Waals surface area contributed by atoms with Crippen LogP contribution >= 0.6 is 0 Å². The van der Waals surface area contributed by atoms with Gasteiger partial charge in [0.15, 0.2) is 0 Å². The summed E-state index contributed by atoms with van der Waals surface area (Å²) in [5, 5.41) is 5.67. The molecule has 0 spiro atoms. The van der Waals surface area contributed by atoms with Crippen molar-refractivity contribution >= 4 is 17.6 Å². The van der Waals surface area contributed by atoms with Gasteiger partial charge in [0.1, 0.15) is 11.6 Å². The van der Waals surface area contributed by atoms with E-state index in [9.17, 15) is 9.18 Å². The number of ether oxygens (including phenoxy) is 1. The number of nitrogens with one attached hydrogen (secondary N) is 2. The van der Waals surface area contributed by atoms with Gasteiger partial charge in [0.2, 0.25) is 0 Å². The number of pyridine rings is 1. The summed E-state index contributed by atoms with van der Waals surface area (Å²) in [6.45, 7) is 2.60. The average molecular weight is 289 g/mol. The number of aromatic nitrogens is 1. The van der Waals surface area contributed by atoms with Crippen molar-refractivity contribution in [2.75, 3.05) is 17.2 Å². The van der Waals surface area contributed by atoms with Gasteiger partial charge < -0.3 is 10.1 Å². The Kier molecular flexibility index (Phi) is 5.09. The van der Waals surface area contributed by atoms with Crippen molar-refractivity contribution < 1.29 is 13.9 Å². The van der Waals surface area contributed by atoms with Crippen LogP contribution in [-0.4, -0.2) is 17.7 Å². The molecule has 2 rings (SSSR count). The van der Waals surface area contributed by atoms with E-state index in [1.54, 1.807) is 37.4 Å². The van der Waals surface area contributed by atoms with E-state index in [1.807, 2.05) is 0 Å². The third-order valence-electron chi connectivity index (χ3n) is 2.68. The molecule has 0 aliphatic rings. The summed E-state index contributed by atoms with van der Waals surface area (Å²) in [5.74, 6) is 0.163. The molecule has 21 heavy (non-hydrogen) atoms. The van der Waals surface area contributed by atoms with E-state index in [4.69, 9.17) is 4.74 Å². The minimum absolute atomic E-state index is 0.255. The molecule has 0 bridgehead atoms. The fraction of sp³-hybridized carbons (Fsp3) is 0.200. The van der Waals surface area contributed by atoms with Crippen LogP contribution in [0.4, 0.5) is 20.7 Å². The van der Waals surface area contributed by atoms with Crippen molar-refractivity contribution in [3.8, 4) is 0 Å². The lowest BCUT2D eigenvalue weighted by Crippen LogP contribution is -2.14. The molecule has 2 N–H and O–H groups in total. The predicted octanol–water partition coefficient (Wildman–Crippen LogP) is 3.40. The van der Waals surface area contributed by atoms with Crippen molar-refractivity contribution in [3.63, 3.8) is 0 Å². The van der Waals surface area contributed by atoms with E-state index in [1.165, 1.54) is 12.1 Å². The van der Waals surface area contributed by atoms with Crippen LogP contribution in [0, 0.1) is 5.82 Å². The number of rotatable bonds is 5. The monoisotopic (exact) mass is 289 g/mol. The van der Waals surface area contributed by atoms with E-state index < -0.39 is 6.09 Å². The van der Waals surface area contributed by atoms with Gasteiger partial charge in [0.25, 0.3) is 0 Å². The Hall–Kier alpha value is -2.63. The Labute approximate surface area is 122 Å². The zero-order valence-corrected chi connectivity index (χ0v) is 11.6. The number of benzene rings is 1. The van der Waals surface area contributed by atoms with Crippen LogP contribution < -0.4 is 10.6 Å². The Bertz CT molecular complexity index is 585. The van der Waals surface area contributed by atoms with Crippen molar-refractivity contribution in [1.29, 1.82) is 0 Å². The molecule has 0 radical (unpaired) electrons. The van der Waals surface area contributed by atoms with Crippen molar-refractivity contribution in [2.24, 2.45) is 0 Å². The van der Waals surface area contributed by atoms with Gasteiger partial charge in [-0.3, -0.25) is 5.32 Å². The Morgan fingerprint density at radius 2 is 2.00 bits per heavy atom. The van der Waals surface area contributed by atoms with Gasteiger partial charge in [-0.25, -0.2) is 14.2 Å². The highest BCUT2D eigenvalue weighted by Crippen LogP contribution is 2.12. The summed E-state index contributed by atoms with van der Waals surface area (Å²) in [6, 6.07) is 9.73. The van der Waals surface area contributed by atoms with Crippen LogP contribution in [0.15, 0.2) is 42.6 Å². The summed E-state index contributed by atoms with van der Waals surface area (Å²) < 4.78 is 17.5. The van der Waals surface area contributed by atoms with Crippen LogP contribution in [0.1, 0.15) is 12.5 Å². The minimum Gasteiger partial charge on any atom is -0.450 e. The number of hydrogen-bond acceptors (Lipinski definition) is 4. The fourth-order valence-electron chi connectivity index (χ4n) is 1.65. The normalized spacial score (nSPS) is 10.0. The molecule has 0 unspecified atom stereocenters. The highest BCUT2D eigenvalue weighted by Gasteiger charge is 2.02. The van der Waals surface area contributed by atoms with Gasteiger partial charge in [-0.2, -0.15) is 0 Å². The van der Waals surface area contributed by atoms with Gasteiger partial charge >= 0.3 is 6.09 Å². The lowest BCUT2D eigenvalue weighted by molar-refractivity contribution is 0.168. The predicted molar refractivity (Wildman–Crippen MR) is 78.6 cm³/mol. The Balaban J connectivity index is 1.87. The van der Waals surface area contributed by atoms with Crippen LogP contribution in [0.25, 0.3) is 0 Å². The molecule has 5 nitrogen and oxygen atoms in total. The first-order valence-corrected chi connectivity index (χ1v) is 6.55. The average Bonchev–Trinajstić information content (AvgIpc) is 2.48. The second-order valence-electron chi connectivity index (χ2n) is 4.26. The molecule has 1 aromatic heterocycles. The second kappa shape index (κ2) is 7.23. The molecular formula is C15H16FN3O2. The summed E-state index contributed by atoms with van der Waals surface area (Å²) in [7, 11) is 0. The molecule has 1 aromatic carbocycles. The number of amides is 1. The molecule has 0 fully saturated rings. The molecule has 0 saturated carbocycles. The van der Waals surface area contributed by atoms with Crippen LogP contribution in [-0.2, 0) is 11.3 Å². The maximum atomic E-state index is 12.8. The smallest absolute Gasteiger partial charge is 0.412 e. The van der Waals surface area contributed by atoms with Crippen LogP contribution in [0.2, 0.25) is 0 Å².